The number of carbonyl (C=O) groups excluding carboxylic acids is 4. The van der Waals surface area contributed by atoms with Crippen molar-refractivity contribution in [3.8, 4) is 0 Å². The number of piperazine rings is 1. The summed E-state index contributed by atoms with van der Waals surface area (Å²) in [6.45, 7) is 9.92. The Morgan fingerprint density at radius 3 is 2.27 bits per heavy atom. The summed E-state index contributed by atoms with van der Waals surface area (Å²) in [6.07, 6.45) is 7.95. The number of benzene rings is 1. The molecule has 3 aliphatic heterocycles. The van der Waals surface area contributed by atoms with Crippen molar-refractivity contribution in [2.45, 2.75) is 64.5 Å². The molecule has 0 spiro atoms. The monoisotopic (exact) mass is 746 g/mol. The van der Waals surface area contributed by atoms with Crippen LogP contribution in [0, 0.1) is 12.8 Å². The van der Waals surface area contributed by atoms with Crippen LogP contribution in [0.2, 0.25) is 0 Å². The quantitative estimate of drug-likeness (QED) is 0.160. The second-order valence-electron chi connectivity index (χ2n) is 15.2. The zero-order valence-corrected chi connectivity index (χ0v) is 31.2. The fourth-order valence-corrected chi connectivity index (χ4v) is 8.42. The molecule has 55 heavy (non-hydrogen) atoms. The van der Waals surface area contributed by atoms with Crippen molar-refractivity contribution in [1.82, 2.24) is 35.1 Å². The Bertz CT molecular complexity index is 2190. The van der Waals surface area contributed by atoms with Crippen LogP contribution < -0.4 is 31.3 Å². The molecule has 3 amide bonds. The van der Waals surface area contributed by atoms with Crippen LogP contribution in [0.5, 0.6) is 0 Å². The highest BCUT2D eigenvalue weighted by atomic mass is 16.2. The molecular weight excluding hydrogens is 701 g/mol. The molecule has 4 fully saturated rings. The lowest BCUT2D eigenvalue weighted by molar-refractivity contribution is -0.134. The number of hydrogen-bond acceptors (Lipinski definition) is 12. The number of Topliss-reactive ketones (excluding diaryl/α,β-unsaturated/α-hetero) is 1. The van der Waals surface area contributed by atoms with Gasteiger partial charge in [0.05, 0.1) is 17.4 Å². The first-order valence-corrected chi connectivity index (χ1v) is 19.2. The van der Waals surface area contributed by atoms with Crippen LogP contribution in [0.15, 0.2) is 53.6 Å². The second kappa shape index (κ2) is 15.2. The van der Waals surface area contributed by atoms with E-state index in [9.17, 15) is 24.0 Å². The van der Waals surface area contributed by atoms with E-state index in [4.69, 9.17) is 4.98 Å². The number of nitrogens with zero attached hydrogens (tertiary/aromatic N) is 7. The molecule has 15 nitrogen and oxygen atoms in total. The third kappa shape index (κ3) is 7.53. The van der Waals surface area contributed by atoms with Crippen LogP contribution in [0.1, 0.15) is 77.8 Å². The molecular formula is C40H46N10O5. The lowest BCUT2D eigenvalue weighted by Crippen LogP contribution is -2.55. The van der Waals surface area contributed by atoms with Gasteiger partial charge in [-0.15, -0.1) is 0 Å². The van der Waals surface area contributed by atoms with E-state index in [-0.39, 0.29) is 41.2 Å². The topological polar surface area (TPSA) is 175 Å². The average Bonchev–Trinajstić information content (AvgIpc) is 3.69. The Morgan fingerprint density at radius 2 is 1.60 bits per heavy atom. The molecule has 1 unspecified atom stereocenters. The lowest BCUT2D eigenvalue weighted by atomic mass is 9.97. The molecule has 8 rings (SSSR count). The number of rotatable bonds is 10. The van der Waals surface area contributed by atoms with Crippen LogP contribution in [-0.4, -0.2) is 99.8 Å². The Kier molecular flexibility index (Phi) is 10.0. The third-order valence-electron chi connectivity index (χ3n) is 11.5. The summed E-state index contributed by atoms with van der Waals surface area (Å²) < 4.78 is 1.72. The SMILES string of the molecule is CC(=O)c1c(C)c2cnc(Nc3ccc(N4CCN(CC5CN(c6ccc(C(=O)NC7CCC(=O)NC7=O)cc6)C5)CC4)cn3)nc2n(C2CCCC2)c1=O. The number of aryl methyl sites for hydroxylation is 1. The zero-order valence-electron chi connectivity index (χ0n) is 31.2. The van der Waals surface area contributed by atoms with Crippen molar-refractivity contribution in [2.75, 3.05) is 60.9 Å². The number of fused-ring (bicyclic) bond motifs is 1. The second-order valence-corrected chi connectivity index (χ2v) is 15.2. The van der Waals surface area contributed by atoms with Crippen LogP contribution >= 0.6 is 0 Å². The Balaban J connectivity index is 0.816. The summed E-state index contributed by atoms with van der Waals surface area (Å²) in [4.78, 5) is 83.2. The first kappa shape index (κ1) is 36.3. The first-order valence-electron chi connectivity index (χ1n) is 19.2. The molecule has 0 radical (unpaired) electrons. The van der Waals surface area contributed by atoms with E-state index >= 15 is 0 Å². The van der Waals surface area contributed by atoms with Gasteiger partial charge in [0.15, 0.2) is 5.78 Å². The fourth-order valence-electron chi connectivity index (χ4n) is 8.42. The molecule has 1 aromatic carbocycles. The number of amides is 3. The lowest BCUT2D eigenvalue weighted by Gasteiger charge is -2.45. The highest BCUT2D eigenvalue weighted by Crippen LogP contribution is 2.32. The Labute approximate surface area is 318 Å². The normalized spacial score (nSPS) is 19.7. The van der Waals surface area contributed by atoms with E-state index in [2.05, 4.69) is 46.7 Å². The van der Waals surface area contributed by atoms with Crippen LogP contribution in [-0.2, 0) is 9.59 Å². The molecule has 15 heteroatoms. The molecule has 0 bridgehead atoms. The predicted molar refractivity (Wildman–Crippen MR) is 208 cm³/mol. The minimum atomic E-state index is -0.694. The van der Waals surface area contributed by atoms with Gasteiger partial charge in [-0.05, 0) is 75.1 Å². The van der Waals surface area contributed by atoms with Gasteiger partial charge in [-0.3, -0.25) is 38.8 Å². The van der Waals surface area contributed by atoms with Gasteiger partial charge in [0.25, 0.3) is 11.5 Å². The van der Waals surface area contributed by atoms with E-state index in [0.717, 1.165) is 82.9 Å². The maximum atomic E-state index is 13.5. The summed E-state index contributed by atoms with van der Waals surface area (Å²) in [5.41, 5.74) is 3.72. The maximum absolute atomic E-state index is 13.5. The molecule has 286 valence electrons. The smallest absolute Gasteiger partial charge is 0.263 e. The molecule has 4 aliphatic rings. The summed E-state index contributed by atoms with van der Waals surface area (Å²) in [5.74, 6) is 0.191. The summed E-state index contributed by atoms with van der Waals surface area (Å²) >= 11 is 0. The standard InChI is InChI=1S/C40H46N10O5/c1-24-31-20-42-40(46-36(31)50(29-5-3-4-6-29)39(55)35(24)25(2)51)44-33-13-11-30(19-41-33)48-17-15-47(16-18-48)21-26-22-49(23-26)28-9-7-27(8-10-28)37(53)43-32-12-14-34(52)45-38(32)54/h7-11,13,19-20,26,29,32H,3-6,12,14-18,21-23H2,1-2H3,(H,43,53)(H,45,52,54)(H,41,42,44,46). The van der Waals surface area contributed by atoms with Crippen molar-refractivity contribution in [2.24, 2.45) is 5.92 Å². The van der Waals surface area contributed by atoms with E-state index in [1.54, 1.807) is 29.8 Å². The van der Waals surface area contributed by atoms with Gasteiger partial charge >= 0.3 is 0 Å². The minimum absolute atomic E-state index is 0.0142. The number of imide groups is 1. The highest BCUT2D eigenvalue weighted by Gasteiger charge is 2.31. The highest BCUT2D eigenvalue weighted by molar-refractivity contribution is 6.04. The van der Waals surface area contributed by atoms with Crippen LogP contribution in [0.3, 0.4) is 0 Å². The minimum Gasteiger partial charge on any atom is -0.371 e. The predicted octanol–water partition coefficient (Wildman–Crippen LogP) is 3.35. The van der Waals surface area contributed by atoms with Crippen molar-refractivity contribution in [3.63, 3.8) is 0 Å². The number of carbonyl (C=O) groups is 4. The zero-order chi connectivity index (χ0) is 38.2. The Morgan fingerprint density at radius 1 is 0.873 bits per heavy atom. The first-order chi connectivity index (χ1) is 26.6. The van der Waals surface area contributed by atoms with Gasteiger partial charge in [0, 0.05) is 87.0 Å². The molecule has 3 N–H and O–H groups in total. The number of piperidine rings is 1. The van der Waals surface area contributed by atoms with E-state index in [0.29, 0.717) is 46.3 Å². The molecule has 1 atom stereocenters. The summed E-state index contributed by atoms with van der Waals surface area (Å²) in [6, 6.07) is 10.7. The summed E-state index contributed by atoms with van der Waals surface area (Å²) in [5, 5.41) is 8.92. The van der Waals surface area contributed by atoms with Crippen LogP contribution in [0.25, 0.3) is 11.0 Å². The van der Waals surface area contributed by atoms with Gasteiger partial charge < -0.3 is 20.4 Å². The molecule has 1 aliphatic carbocycles. The van der Waals surface area contributed by atoms with Crippen molar-refractivity contribution in [3.05, 3.63) is 75.8 Å². The number of hydrogen-bond donors (Lipinski definition) is 3. The molecule has 1 saturated carbocycles. The van der Waals surface area contributed by atoms with E-state index in [1.165, 1.54) is 6.92 Å². The summed E-state index contributed by atoms with van der Waals surface area (Å²) in [7, 11) is 0. The molecule has 4 aromatic rings. The van der Waals surface area contributed by atoms with E-state index < -0.39 is 11.9 Å². The Hall–Kier alpha value is -5.70. The largest absolute Gasteiger partial charge is 0.371 e. The molecule has 3 aromatic heterocycles. The molecule has 6 heterocycles. The van der Waals surface area contributed by atoms with Crippen LogP contribution in [0.4, 0.5) is 23.1 Å². The average molecular weight is 747 g/mol. The van der Waals surface area contributed by atoms with Crippen molar-refractivity contribution < 1.29 is 19.2 Å². The molecule has 3 saturated heterocycles. The van der Waals surface area contributed by atoms with Crippen molar-refractivity contribution in [1.29, 1.82) is 0 Å². The van der Waals surface area contributed by atoms with E-state index in [1.807, 2.05) is 24.4 Å². The third-order valence-corrected chi connectivity index (χ3v) is 11.5. The number of anilines is 4. The fraction of sp³-hybridized carbons (Fsp3) is 0.450. The number of pyridine rings is 2. The van der Waals surface area contributed by atoms with Gasteiger partial charge in [0.2, 0.25) is 17.8 Å². The van der Waals surface area contributed by atoms with Gasteiger partial charge in [0.1, 0.15) is 17.5 Å². The van der Waals surface area contributed by atoms with Gasteiger partial charge in [-0.1, -0.05) is 12.8 Å². The maximum Gasteiger partial charge on any atom is 0.263 e. The van der Waals surface area contributed by atoms with Crippen molar-refractivity contribution >= 4 is 57.7 Å². The van der Waals surface area contributed by atoms with Gasteiger partial charge in [-0.25, -0.2) is 9.97 Å². The number of ketones is 1. The van der Waals surface area contributed by atoms with Gasteiger partial charge in [-0.2, -0.15) is 4.98 Å². The number of aromatic nitrogens is 4. The number of nitrogens with one attached hydrogen (secondary N) is 3.